The van der Waals surface area contributed by atoms with Crippen molar-refractivity contribution >= 4 is 0 Å². The van der Waals surface area contributed by atoms with E-state index in [-0.39, 0.29) is 5.75 Å². The highest BCUT2D eigenvalue weighted by molar-refractivity contribution is 5.36. The van der Waals surface area contributed by atoms with E-state index in [4.69, 9.17) is 4.74 Å². The summed E-state index contributed by atoms with van der Waals surface area (Å²) in [6, 6.07) is 12.0. The highest BCUT2D eigenvalue weighted by Crippen LogP contribution is 2.27. The Morgan fingerprint density at radius 3 is 2.37 bits per heavy atom. The van der Waals surface area contributed by atoms with Gasteiger partial charge in [-0.25, -0.2) is 4.39 Å². The van der Waals surface area contributed by atoms with Gasteiger partial charge in [-0.15, -0.1) is 0 Å². The van der Waals surface area contributed by atoms with Crippen LogP contribution >= 0.6 is 0 Å². The third-order valence-corrected chi connectivity index (χ3v) is 3.00. The van der Waals surface area contributed by atoms with E-state index < -0.39 is 11.9 Å². The fourth-order valence-electron chi connectivity index (χ4n) is 1.78. The molecule has 0 aliphatic heterocycles. The number of halogens is 1. The molecule has 0 bridgehead atoms. The molecule has 19 heavy (non-hydrogen) atoms. The van der Waals surface area contributed by atoms with Crippen LogP contribution in [0.3, 0.4) is 0 Å². The number of benzene rings is 2. The minimum atomic E-state index is -0.688. The second-order valence-electron chi connectivity index (χ2n) is 4.47. The molecule has 100 valence electrons. The van der Waals surface area contributed by atoms with Gasteiger partial charge in [0.2, 0.25) is 0 Å². The predicted octanol–water partition coefficient (Wildman–Crippen LogP) is 4.23. The second kappa shape index (κ2) is 5.85. The van der Waals surface area contributed by atoms with Crippen molar-refractivity contribution in [1.29, 1.82) is 0 Å². The van der Waals surface area contributed by atoms with E-state index in [1.165, 1.54) is 17.7 Å². The summed E-state index contributed by atoms with van der Waals surface area (Å²) in [5, 5.41) is 9.38. The quantitative estimate of drug-likeness (QED) is 0.891. The van der Waals surface area contributed by atoms with E-state index in [0.29, 0.717) is 11.3 Å². The Morgan fingerprint density at radius 2 is 1.84 bits per heavy atom. The summed E-state index contributed by atoms with van der Waals surface area (Å²) < 4.78 is 19.3. The number of aliphatic hydroxyl groups is 1. The van der Waals surface area contributed by atoms with Gasteiger partial charge < -0.3 is 9.84 Å². The second-order valence-corrected chi connectivity index (χ2v) is 4.47. The van der Waals surface area contributed by atoms with Crippen LogP contribution in [0.1, 0.15) is 31.1 Å². The molecular weight excluding hydrogens is 243 g/mol. The maximum Gasteiger partial charge on any atom is 0.166 e. The van der Waals surface area contributed by atoms with Crippen molar-refractivity contribution < 1.29 is 14.2 Å². The maximum absolute atomic E-state index is 13.8. The lowest BCUT2D eigenvalue weighted by Crippen LogP contribution is -1.94. The molecule has 2 nitrogen and oxygen atoms in total. The zero-order valence-corrected chi connectivity index (χ0v) is 11.1. The molecule has 0 unspecified atom stereocenters. The summed E-state index contributed by atoms with van der Waals surface area (Å²) >= 11 is 0. The van der Waals surface area contributed by atoms with Crippen molar-refractivity contribution in [3.8, 4) is 11.5 Å². The van der Waals surface area contributed by atoms with E-state index in [9.17, 15) is 9.50 Å². The Hall–Kier alpha value is -1.87. The standard InChI is InChI=1S/C16H17FO2/c1-3-12-4-7-14(8-5-12)19-16-9-6-13(11(2)18)10-15(16)17/h4-11,18H,3H2,1-2H3/t11-/m0/s1. The minimum absolute atomic E-state index is 0.161. The van der Waals surface area contributed by atoms with E-state index in [2.05, 4.69) is 6.92 Å². The first-order valence-corrected chi connectivity index (χ1v) is 6.34. The minimum Gasteiger partial charge on any atom is -0.454 e. The van der Waals surface area contributed by atoms with E-state index >= 15 is 0 Å². The molecule has 0 fully saturated rings. The number of aryl methyl sites for hydroxylation is 1. The number of aliphatic hydroxyl groups excluding tert-OH is 1. The van der Waals surface area contributed by atoms with Crippen LogP contribution in [0, 0.1) is 5.82 Å². The third kappa shape index (κ3) is 3.32. The molecule has 0 aliphatic carbocycles. The Bertz CT molecular complexity index is 547. The van der Waals surface area contributed by atoms with Crippen LogP contribution in [0.5, 0.6) is 11.5 Å². The molecule has 0 heterocycles. The van der Waals surface area contributed by atoms with E-state index in [1.807, 2.05) is 24.3 Å². The van der Waals surface area contributed by atoms with Gasteiger partial charge in [0.25, 0.3) is 0 Å². The Labute approximate surface area is 112 Å². The molecule has 0 saturated carbocycles. The van der Waals surface area contributed by atoms with Gasteiger partial charge in [-0.2, -0.15) is 0 Å². The molecule has 0 spiro atoms. The largest absolute Gasteiger partial charge is 0.454 e. The average Bonchev–Trinajstić information content (AvgIpc) is 2.41. The first-order valence-electron chi connectivity index (χ1n) is 6.34. The molecule has 1 N–H and O–H groups in total. The van der Waals surface area contributed by atoms with Crippen molar-refractivity contribution in [1.82, 2.24) is 0 Å². The van der Waals surface area contributed by atoms with Crippen LogP contribution in [-0.2, 0) is 6.42 Å². The first-order chi connectivity index (χ1) is 9.10. The van der Waals surface area contributed by atoms with Crippen molar-refractivity contribution in [2.45, 2.75) is 26.4 Å². The lowest BCUT2D eigenvalue weighted by Gasteiger charge is -2.10. The van der Waals surface area contributed by atoms with Crippen LogP contribution in [0.4, 0.5) is 4.39 Å². The topological polar surface area (TPSA) is 29.5 Å². The molecule has 0 aliphatic rings. The lowest BCUT2D eigenvalue weighted by atomic mass is 10.1. The molecule has 2 aromatic carbocycles. The van der Waals surface area contributed by atoms with Gasteiger partial charge in [-0.1, -0.05) is 25.1 Å². The molecule has 1 atom stereocenters. The van der Waals surface area contributed by atoms with Gasteiger partial charge in [-0.3, -0.25) is 0 Å². The van der Waals surface area contributed by atoms with Crippen LogP contribution < -0.4 is 4.74 Å². The third-order valence-electron chi connectivity index (χ3n) is 3.00. The molecule has 2 aromatic rings. The highest BCUT2D eigenvalue weighted by Gasteiger charge is 2.08. The van der Waals surface area contributed by atoms with Crippen LogP contribution in [-0.4, -0.2) is 5.11 Å². The monoisotopic (exact) mass is 260 g/mol. The zero-order valence-electron chi connectivity index (χ0n) is 11.1. The number of ether oxygens (including phenoxy) is 1. The lowest BCUT2D eigenvalue weighted by molar-refractivity contribution is 0.198. The number of rotatable bonds is 4. The molecule has 3 heteroatoms. The molecule has 2 rings (SSSR count). The summed E-state index contributed by atoms with van der Waals surface area (Å²) in [6.45, 7) is 3.67. The average molecular weight is 260 g/mol. The van der Waals surface area contributed by atoms with Crippen molar-refractivity contribution in [3.05, 3.63) is 59.4 Å². The van der Waals surface area contributed by atoms with Gasteiger partial charge in [0, 0.05) is 0 Å². The summed E-state index contributed by atoms with van der Waals surface area (Å²) in [5.41, 5.74) is 1.74. The normalized spacial score (nSPS) is 12.2. The van der Waals surface area contributed by atoms with Gasteiger partial charge in [0.1, 0.15) is 5.75 Å². The maximum atomic E-state index is 13.8. The van der Waals surface area contributed by atoms with Crippen molar-refractivity contribution in [3.63, 3.8) is 0 Å². The first kappa shape index (κ1) is 13.6. The molecule has 0 amide bonds. The fourth-order valence-corrected chi connectivity index (χ4v) is 1.78. The summed E-state index contributed by atoms with van der Waals surface area (Å²) in [5.74, 6) is 0.285. The number of hydrogen-bond acceptors (Lipinski definition) is 2. The fraction of sp³-hybridized carbons (Fsp3) is 0.250. The summed E-state index contributed by atoms with van der Waals surface area (Å²) in [4.78, 5) is 0. The van der Waals surface area contributed by atoms with E-state index in [1.54, 1.807) is 13.0 Å². The van der Waals surface area contributed by atoms with Gasteiger partial charge in [0.15, 0.2) is 11.6 Å². The summed E-state index contributed by atoms with van der Waals surface area (Å²) in [6.07, 6.45) is 0.268. The van der Waals surface area contributed by atoms with Gasteiger partial charge >= 0.3 is 0 Å². The predicted molar refractivity (Wildman–Crippen MR) is 72.9 cm³/mol. The Morgan fingerprint density at radius 1 is 1.16 bits per heavy atom. The number of hydrogen-bond donors (Lipinski definition) is 1. The van der Waals surface area contributed by atoms with Crippen LogP contribution in [0.25, 0.3) is 0 Å². The summed E-state index contributed by atoms with van der Waals surface area (Å²) in [7, 11) is 0. The van der Waals surface area contributed by atoms with Crippen LogP contribution in [0.15, 0.2) is 42.5 Å². The van der Waals surface area contributed by atoms with E-state index in [0.717, 1.165) is 6.42 Å². The smallest absolute Gasteiger partial charge is 0.166 e. The van der Waals surface area contributed by atoms with Crippen molar-refractivity contribution in [2.75, 3.05) is 0 Å². The van der Waals surface area contributed by atoms with Crippen molar-refractivity contribution in [2.24, 2.45) is 0 Å². The molecular formula is C16H17FO2. The molecule has 0 radical (unpaired) electrons. The Balaban J connectivity index is 2.18. The molecule has 0 saturated heterocycles. The van der Waals surface area contributed by atoms with Gasteiger partial charge in [0.05, 0.1) is 6.10 Å². The van der Waals surface area contributed by atoms with Crippen LogP contribution in [0.2, 0.25) is 0 Å². The molecule has 0 aromatic heterocycles. The highest BCUT2D eigenvalue weighted by atomic mass is 19.1. The zero-order chi connectivity index (χ0) is 13.8. The SMILES string of the molecule is CCc1ccc(Oc2ccc([C@H](C)O)cc2F)cc1. The van der Waals surface area contributed by atoms with Gasteiger partial charge in [-0.05, 0) is 48.7 Å². The Kier molecular flexibility index (Phi) is 4.17.